The van der Waals surface area contributed by atoms with E-state index in [1.165, 1.54) is 56.9 Å². The molecular weight excluding hydrogens is 1050 g/mol. The van der Waals surface area contributed by atoms with E-state index in [1.54, 1.807) is 56.5 Å². The number of benzene rings is 2. The summed E-state index contributed by atoms with van der Waals surface area (Å²) in [6.45, 7) is 5.54. The van der Waals surface area contributed by atoms with Crippen LogP contribution < -0.4 is 30.3 Å². The van der Waals surface area contributed by atoms with Crippen LogP contribution in [-0.2, 0) is 60.6 Å². The van der Waals surface area contributed by atoms with Crippen molar-refractivity contribution >= 4 is 76.8 Å². The number of ether oxygens (including phenoxy) is 6. The number of esters is 1. The molecule has 1 aliphatic carbocycles. The largest absolute Gasteiger partial charge is 0.496 e. The van der Waals surface area contributed by atoms with Crippen LogP contribution in [0.2, 0.25) is 5.02 Å². The number of anilines is 1. The van der Waals surface area contributed by atoms with E-state index in [4.69, 9.17) is 40.0 Å². The highest BCUT2D eigenvalue weighted by Crippen LogP contribution is 2.42. The Bertz CT molecular complexity index is 2590. The van der Waals surface area contributed by atoms with Gasteiger partial charge in [0.15, 0.2) is 17.8 Å². The number of nitrogens with zero attached hydrogens (tertiary/aromatic N) is 2. The highest BCUT2D eigenvalue weighted by Gasteiger charge is 2.56. The van der Waals surface area contributed by atoms with E-state index in [-0.39, 0.29) is 78.2 Å². The number of ketones is 1. The summed E-state index contributed by atoms with van der Waals surface area (Å²) >= 11 is 8.02. The van der Waals surface area contributed by atoms with Gasteiger partial charge in [-0.25, -0.2) is 9.59 Å². The summed E-state index contributed by atoms with van der Waals surface area (Å²) in [5.41, 5.74) is 1.50. The molecule has 6 rings (SSSR count). The Balaban J connectivity index is 0.975. The molecule has 3 heterocycles. The standard InChI is InChI=1S/C56H74ClN5O15S/c1-32-10-9-11-46(74-8)56(71)27-45(76-55(70)60-56)33(2)51-52(77-51)44(26-49(67)62(5)41-23-37(22-32)25-43(73-7)50(41)57)75-54(69)34(3)61(4)48(66)20-21-78-31-40(64)29-59-53(68)38-16-13-36(14-17-38)28-58-47(65)19-15-35-12-18-39(30-63)42(24-35)72-6/h9-12,18,23-25,30,33-34,36,38,44-46,51-52,71H,13-17,19-22,26-29,31H2,1-8H3,(H,58,65)(H,59,68)(H,60,70)/b11-9+,32-10+/t33?,34-,36?,38?,44-,45?,46?,51?,52?,56?/m0/s1. The van der Waals surface area contributed by atoms with Crippen LogP contribution in [0.4, 0.5) is 10.5 Å². The summed E-state index contributed by atoms with van der Waals surface area (Å²) in [5, 5.41) is 20.2. The predicted octanol–water partition coefficient (Wildman–Crippen LogP) is 5.31. The van der Waals surface area contributed by atoms with Gasteiger partial charge in [-0.3, -0.25) is 34.1 Å². The van der Waals surface area contributed by atoms with E-state index in [9.17, 15) is 43.5 Å². The second kappa shape index (κ2) is 28.2. The first-order chi connectivity index (χ1) is 37.2. The number of likely N-dealkylation sites (N-methyl/N-ethyl adjacent to an activating group) is 1. The van der Waals surface area contributed by atoms with Gasteiger partial charge in [0, 0.05) is 64.6 Å². The molecule has 4 bridgehead atoms. The maximum atomic E-state index is 14.2. The molecule has 3 aliphatic heterocycles. The number of nitrogens with one attached hydrogen (secondary N) is 3. The molecule has 2 aromatic rings. The van der Waals surface area contributed by atoms with Crippen molar-refractivity contribution in [3.05, 3.63) is 75.8 Å². The van der Waals surface area contributed by atoms with E-state index < -0.39 is 72.1 Å². The van der Waals surface area contributed by atoms with Gasteiger partial charge in [-0.05, 0) is 93.7 Å². The van der Waals surface area contributed by atoms with Gasteiger partial charge >= 0.3 is 12.1 Å². The number of carbonyl (C=O) groups excluding carboxylic acids is 8. The molecule has 4 aliphatic rings. The zero-order valence-electron chi connectivity index (χ0n) is 45.6. The van der Waals surface area contributed by atoms with Gasteiger partial charge in [0.25, 0.3) is 0 Å². The molecule has 0 spiro atoms. The highest BCUT2D eigenvalue weighted by atomic mass is 35.5. The number of hydrogen-bond donors (Lipinski definition) is 4. The molecule has 0 radical (unpaired) electrons. The summed E-state index contributed by atoms with van der Waals surface area (Å²) in [4.78, 5) is 107. The number of epoxide rings is 1. The van der Waals surface area contributed by atoms with Crippen LogP contribution in [0, 0.1) is 17.8 Å². The normalized spacial score (nSPS) is 26.7. The van der Waals surface area contributed by atoms with Crippen molar-refractivity contribution in [2.45, 2.75) is 127 Å². The smallest absolute Gasteiger partial charge is 0.409 e. The number of thioether (sulfide) groups is 1. The number of rotatable bonds is 20. The molecule has 4 N–H and O–H groups in total. The van der Waals surface area contributed by atoms with Crippen LogP contribution in [0.3, 0.4) is 0 Å². The fourth-order valence-electron chi connectivity index (χ4n) is 10.00. The van der Waals surface area contributed by atoms with Gasteiger partial charge in [0.1, 0.15) is 47.0 Å². The molecule has 78 heavy (non-hydrogen) atoms. The first-order valence-corrected chi connectivity index (χ1v) is 27.8. The fourth-order valence-corrected chi connectivity index (χ4v) is 11.1. The molecule has 3 fully saturated rings. The van der Waals surface area contributed by atoms with E-state index in [0.717, 1.165) is 35.8 Å². The van der Waals surface area contributed by atoms with Crippen LogP contribution in [0.5, 0.6) is 11.5 Å². The minimum atomic E-state index is -1.87. The number of Topliss-reactive ketones (excluding diaryl/α,β-unsaturated/α-hetero) is 1. The van der Waals surface area contributed by atoms with Crippen LogP contribution in [0.25, 0.3) is 0 Å². The number of aldehydes is 1. The highest BCUT2D eigenvalue weighted by molar-refractivity contribution is 7.99. The van der Waals surface area contributed by atoms with Gasteiger partial charge in [0.05, 0.1) is 50.3 Å². The second-order valence-corrected chi connectivity index (χ2v) is 22.1. The predicted molar refractivity (Wildman–Crippen MR) is 291 cm³/mol. The first kappa shape index (κ1) is 61.2. The number of amides is 5. The van der Waals surface area contributed by atoms with Crippen molar-refractivity contribution in [3.8, 4) is 11.5 Å². The Morgan fingerprint density at radius 2 is 1.76 bits per heavy atom. The monoisotopic (exact) mass is 1120 g/mol. The Kier molecular flexibility index (Phi) is 22.2. The molecule has 426 valence electrons. The maximum Gasteiger partial charge on any atom is 0.409 e. The molecule has 6 unspecified atom stereocenters. The summed E-state index contributed by atoms with van der Waals surface area (Å²) in [6, 6.07) is 7.67. The number of alkyl carbamates (subject to hydrolysis) is 1. The van der Waals surface area contributed by atoms with Crippen molar-refractivity contribution in [2.75, 3.05) is 64.9 Å². The minimum Gasteiger partial charge on any atom is -0.496 e. The van der Waals surface area contributed by atoms with E-state index in [1.807, 2.05) is 13.0 Å². The number of halogens is 1. The van der Waals surface area contributed by atoms with E-state index >= 15 is 0 Å². The number of aliphatic hydroxyl groups is 1. The van der Waals surface area contributed by atoms with Crippen molar-refractivity contribution in [1.82, 2.24) is 20.9 Å². The molecule has 1 saturated carbocycles. The van der Waals surface area contributed by atoms with Crippen molar-refractivity contribution in [3.63, 3.8) is 0 Å². The van der Waals surface area contributed by atoms with Gasteiger partial charge in [0.2, 0.25) is 23.6 Å². The van der Waals surface area contributed by atoms with Crippen LogP contribution in [-0.4, -0.2) is 160 Å². The quantitative estimate of drug-likeness (QED) is 0.0567. The lowest BCUT2D eigenvalue weighted by atomic mass is 9.81. The van der Waals surface area contributed by atoms with Crippen molar-refractivity contribution in [2.24, 2.45) is 17.8 Å². The van der Waals surface area contributed by atoms with E-state index in [0.29, 0.717) is 55.0 Å². The zero-order valence-corrected chi connectivity index (χ0v) is 47.2. The molecule has 5 amide bonds. The molecule has 22 heteroatoms. The number of carbonyl (C=O) groups is 8. The average molecular weight is 1120 g/mol. The lowest BCUT2D eigenvalue weighted by Gasteiger charge is -2.41. The second-order valence-electron chi connectivity index (χ2n) is 20.6. The number of methoxy groups -OCH3 is 3. The molecule has 0 aromatic heterocycles. The van der Waals surface area contributed by atoms with Crippen LogP contribution in [0.15, 0.2) is 54.1 Å². The number of hydrogen-bond acceptors (Lipinski definition) is 16. The van der Waals surface area contributed by atoms with Crippen molar-refractivity contribution in [1.29, 1.82) is 0 Å². The number of allylic oxidation sites excluding steroid dienone is 3. The Morgan fingerprint density at radius 3 is 2.45 bits per heavy atom. The van der Waals surface area contributed by atoms with Gasteiger partial charge in [-0.15, -0.1) is 0 Å². The SMILES string of the molecule is COc1cc(CCC(=O)NCC2CCC(C(=O)NCC(=O)CSCCC(=O)N(C)[C@@H](C)C(=O)O[C@H]3CC(=O)N(C)c4cc(cc(OC)c4Cl)C/C(C)=C/C=C/C(OC)C4(O)CC(OC(=O)N4)C(C)C4OC43)CC2)ccc1C=O. The Labute approximate surface area is 465 Å². The Morgan fingerprint density at radius 1 is 1.03 bits per heavy atom. The molecule has 20 nitrogen and oxygen atoms in total. The fraction of sp³-hybridized carbons (Fsp3) is 0.571. The topological polar surface area (TPSA) is 258 Å². The van der Waals surface area contributed by atoms with Gasteiger partial charge in [-0.1, -0.05) is 48.4 Å². The summed E-state index contributed by atoms with van der Waals surface area (Å²) in [5.74, 6) is -1.59. The lowest BCUT2D eigenvalue weighted by molar-refractivity contribution is -0.159. The summed E-state index contributed by atoms with van der Waals surface area (Å²) < 4.78 is 34.3. The van der Waals surface area contributed by atoms with Gasteiger partial charge < -0.3 is 54.0 Å². The molecule has 2 saturated heterocycles. The third-order valence-electron chi connectivity index (χ3n) is 15.0. The van der Waals surface area contributed by atoms with Gasteiger partial charge in [-0.2, -0.15) is 11.8 Å². The number of aryl methyl sites for hydroxylation is 1. The number of fused-ring (bicyclic) bond motifs is 5. The maximum absolute atomic E-state index is 14.2. The first-order valence-electron chi connectivity index (χ1n) is 26.3. The third-order valence-corrected chi connectivity index (χ3v) is 16.4. The van der Waals surface area contributed by atoms with E-state index in [2.05, 4.69) is 16.0 Å². The van der Waals surface area contributed by atoms with Crippen molar-refractivity contribution < 1.29 is 71.9 Å². The zero-order chi connectivity index (χ0) is 56.8. The third kappa shape index (κ3) is 16.3. The van der Waals surface area contributed by atoms with Crippen LogP contribution in [0.1, 0.15) is 93.6 Å². The minimum absolute atomic E-state index is 0.00865. The lowest BCUT2D eigenvalue weighted by Crippen LogP contribution is -2.63. The average Bonchev–Trinajstić information content (AvgIpc) is 4.29. The molecular formula is C56H74ClN5O15S. The summed E-state index contributed by atoms with van der Waals surface area (Å²) in [7, 11) is 7.38. The Hall–Kier alpha value is -6.00. The molecule has 8 atom stereocenters. The summed E-state index contributed by atoms with van der Waals surface area (Å²) in [6.07, 6.45) is 4.06. The van der Waals surface area contributed by atoms with Crippen LogP contribution >= 0.6 is 23.4 Å². The molecule has 2 aromatic carbocycles.